The summed E-state index contributed by atoms with van der Waals surface area (Å²) in [6.45, 7) is 0.391. The summed E-state index contributed by atoms with van der Waals surface area (Å²) in [4.78, 5) is 11.1. The van der Waals surface area contributed by atoms with Crippen molar-refractivity contribution in [1.82, 2.24) is 9.78 Å². The molecule has 1 N–H and O–H groups in total. The van der Waals surface area contributed by atoms with Crippen molar-refractivity contribution in [3.8, 4) is 5.75 Å². The lowest BCUT2D eigenvalue weighted by molar-refractivity contribution is 0.0692. The van der Waals surface area contributed by atoms with Crippen molar-refractivity contribution < 1.29 is 14.6 Å². The molecule has 1 heterocycles. The Hall–Kier alpha value is -1.82. The number of hydrogen-bond acceptors (Lipinski definition) is 3. The maximum atomic E-state index is 11.1. The summed E-state index contributed by atoms with van der Waals surface area (Å²) in [5.74, 6) is -0.644. The molecule has 6 heteroatoms. The predicted molar refractivity (Wildman–Crippen MR) is 73.5 cm³/mol. The number of para-hydroxylation sites is 1. The molecule has 0 bridgehead atoms. The molecule has 2 rings (SSSR count). The van der Waals surface area contributed by atoms with Crippen LogP contribution in [0.2, 0.25) is 0 Å². The zero-order valence-corrected chi connectivity index (χ0v) is 11.9. The van der Waals surface area contributed by atoms with E-state index in [2.05, 4.69) is 21.0 Å². The van der Waals surface area contributed by atoms with E-state index in [0.717, 1.165) is 5.69 Å². The van der Waals surface area contributed by atoms with Crippen molar-refractivity contribution in [2.24, 2.45) is 7.05 Å². The highest BCUT2D eigenvalue weighted by Crippen LogP contribution is 2.29. The molecule has 0 aliphatic carbocycles. The number of carbonyl (C=O) groups is 1. The molecule has 0 saturated carbocycles. The van der Waals surface area contributed by atoms with Gasteiger partial charge in [-0.1, -0.05) is 6.07 Å². The Morgan fingerprint density at radius 1 is 1.47 bits per heavy atom. The van der Waals surface area contributed by atoms with Crippen LogP contribution in [-0.4, -0.2) is 27.5 Å². The summed E-state index contributed by atoms with van der Waals surface area (Å²) in [5, 5.41) is 13.2. The summed E-state index contributed by atoms with van der Waals surface area (Å²) in [5.41, 5.74) is 1.18. The molecule has 19 heavy (non-hydrogen) atoms. The van der Waals surface area contributed by atoms with Crippen molar-refractivity contribution >= 4 is 21.9 Å². The molecule has 0 aliphatic rings. The van der Waals surface area contributed by atoms with Gasteiger partial charge in [0.15, 0.2) is 0 Å². The van der Waals surface area contributed by atoms with E-state index in [0.29, 0.717) is 23.2 Å². The molecule has 100 valence electrons. The van der Waals surface area contributed by atoms with Gasteiger partial charge in [-0.3, -0.25) is 4.68 Å². The zero-order chi connectivity index (χ0) is 13.8. The van der Waals surface area contributed by atoms with Gasteiger partial charge in [0.2, 0.25) is 0 Å². The second kappa shape index (κ2) is 5.88. The number of aryl methyl sites for hydroxylation is 1. The quantitative estimate of drug-likeness (QED) is 0.917. The average molecular weight is 325 g/mol. The summed E-state index contributed by atoms with van der Waals surface area (Å²) < 4.78 is 7.99. The topological polar surface area (TPSA) is 64.4 Å². The van der Waals surface area contributed by atoms with E-state index >= 15 is 0 Å². The lowest BCUT2D eigenvalue weighted by atomic mass is 10.2. The third-order valence-electron chi connectivity index (χ3n) is 2.72. The maximum Gasteiger partial charge on any atom is 0.339 e. The zero-order valence-electron chi connectivity index (χ0n) is 10.3. The fraction of sp³-hybridized carbons (Fsp3) is 0.231. The summed E-state index contributed by atoms with van der Waals surface area (Å²) >= 11 is 3.30. The van der Waals surface area contributed by atoms with Crippen molar-refractivity contribution in [3.05, 3.63) is 46.2 Å². The first kappa shape index (κ1) is 13.6. The first-order valence-corrected chi connectivity index (χ1v) is 6.50. The van der Waals surface area contributed by atoms with Crippen molar-refractivity contribution in [2.75, 3.05) is 6.61 Å². The van der Waals surface area contributed by atoms with Crippen LogP contribution in [0.15, 0.2) is 34.9 Å². The van der Waals surface area contributed by atoms with Crippen LogP contribution in [-0.2, 0) is 13.5 Å². The Kier molecular flexibility index (Phi) is 4.21. The molecular formula is C13H13BrN2O3. The highest BCUT2D eigenvalue weighted by atomic mass is 79.9. The molecular weight excluding hydrogens is 312 g/mol. The SMILES string of the molecule is Cn1nccc1CCOc1c(Br)cccc1C(=O)O. The van der Waals surface area contributed by atoms with Crippen LogP contribution in [0.1, 0.15) is 16.1 Å². The van der Waals surface area contributed by atoms with Gasteiger partial charge in [-0.25, -0.2) is 4.79 Å². The monoisotopic (exact) mass is 324 g/mol. The van der Waals surface area contributed by atoms with Gasteiger partial charge in [0.1, 0.15) is 11.3 Å². The molecule has 5 nitrogen and oxygen atoms in total. The minimum absolute atomic E-state index is 0.152. The minimum atomic E-state index is -1.00. The fourth-order valence-electron chi connectivity index (χ4n) is 1.73. The van der Waals surface area contributed by atoms with Crippen LogP contribution in [0, 0.1) is 0 Å². The number of aromatic nitrogens is 2. The van der Waals surface area contributed by atoms with Crippen molar-refractivity contribution in [1.29, 1.82) is 0 Å². The Labute approximate surface area is 118 Å². The Balaban J connectivity index is 2.07. The van der Waals surface area contributed by atoms with Gasteiger partial charge in [0, 0.05) is 25.4 Å². The first-order valence-electron chi connectivity index (χ1n) is 5.71. The van der Waals surface area contributed by atoms with Gasteiger partial charge in [-0.2, -0.15) is 5.10 Å². The Morgan fingerprint density at radius 3 is 2.89 bits per heavy atom. The second-order valence-electron chi connectivity index (χ2n) is 3.97. The summed E-state index contributed by atoms with van der Waals surface area (Å²) in [6.07, 6.45) is 2.38. The number of aromatic carboxylic acids is 1. The fourth-order valence-corrected chi connectivity index (χ4v) is 2.21. The lowest BCUT2D eigenvalue weighted by Gasteiger charge is -2.11. The van der Waals surface area contributed by atoms with E-state index in [1.807, 2.05) is 13.1 Å². The smallest absolute Gasteiger partial charge is 0.339 e. The lowest BCUT2D eigenvalue weighted by Crippen LogP contribution is -2.09. The first-order chi connectivity index (χ1) is 9.09. The van der Waals surface area contributed by atoms with Gasteiger partial charge in [-0.15, -0.1) is 0 Å². The Morgan fingerprint density at radius 2 is 2.26 bits per heavy atom. The minimum Gasteiger partial charge on any atom is -0.491 e. The molecule has 1 aromatic heterocycles. The van der Waals surface area contributed by atoms with Gasteiger partial charge in [0.05, 0.1) is 11.1 Å². The van der Waals surface area contributed by atoms with Gasteiger partial charge in [0.25, 0.3) is 0 Å². The van der Waals surface area contributed by atoms with Crippen LogP contribution < -0.4 is 4.74 Å². The molecule has 0 spiro atoms. The average Bonchev–Trinajstić information content (AvgIpc) is 2.77. The number of halogens is 1. The van der Waals surface area contributed by atoms with Gasteiger partial charge >= 0.3 is 5.97 Å². The van der Waals surface area contributed by atoms with Crippen LogP contribution in [0.25, 0.3) is 0 Å². The van der Waals surface area contributed by atoms with E-state index in [9.17, 15) is 4.79 Å². The molecule has 0 atom stereocenters. The number of carboxylic acids is 1. The van der Waals surface area contributed by atoms with Crippen molar-refractivity contribution in [3.63, 3.8) is 0 Å². The second-order valence-corrected chi connectivity index (χ2v) is 4.82. The number of benzene rings is 1. The number of rotatable bonds is 5. The van der Waals surface area contributed by atoms with E-state index in [1.165, 1.54) is 6.07 Å². The molecule has 1 aromatic carbocycles. The maximum absolute atomic E-state index is 11.1. The van der Waals surface area contributed by atoms with Crippen molar-refractivity contribution in [2.45, 2.75) is 6.42 Å². The van der Waals surface area contributed by atoms with Crippen LogP contribution in [0.3, 0.4) is 0 Å². The molecule has 0 amide bonds. The molecule has 0 aliphatic heterocycles. The number of hydrogen-bond donors (Lipinski definition) is 1. The van der Waals surface area contributed by atoms with Crippen LogP contribution in [0.5, 0.6) is 5.75 Å². The van der Waals surface area contributed by atoms with E-state index < -0.39 is 5.97 Å². The van der Waals surface area contributed by atoms with E-state index in [-0.39, 0.29) is 5.56 Å². The number of carboxylic acid groups (broad SMARTS) is 1. The number of ether oxygens (including phenoxy) is 1. The van der Waals surface area contributed by atoms with E-state index in [1.54, 1.807) is 23.0 Å². The third-order valence-corrected chi connectivity index (χ3v) is 3.35. The molecule has 0 fully saturated rings. The predicted octanol–water partition coefficient (Wildman–Crippen LogP) is 2.50. The van der Waals surface area contributed by atoms with Gasteiger partial charge < -0.3 is 9.84 Å². The molecule has 2 aromatic rings. The molecule has 0 radical (unpaired) electrons. The van der Waals surface area contributed by atoms with Crippen LogP contribution in [0.4, 0.5) is 0 Å². The molecule has 0 saturated heterocycles. The summed E-state index contributed by atoms with van der Waals surface area (Å²) in [6, 6.07) is 6.85. The Bertz CT molecular complexity index is 595. The van der Waals surface area contributed by atoms with E-state index in [4.69, 9.17) is 9.84 Å². The molecule has 0 unspecified atom stereocenters. The largest absolute Gasteiger partial charge is 0.491 e. The highest BCUT2D eigenvalue weighted by Gasteiger charge is 2.14. The van der Waals surface area contributed by atoms with Gasteiger partial charge in [-0.05, 0) is 34.1 Å². The standard InChI is InChI=1S/C13H13BrN2O3/c1-16-9(5-7-15-16)6-8-19-12-10(13(17)18)3-2-4-11(12)14/h2-5,7H,6,8H2,1H3,(H,17,18). The summed E-state index contributed by atoms with van der Waals surface area (Å²) in [7, 11) is 1.86. The normalized spacial score (nSPS) is 10.4. The van der Waals surface area contributed by atoms with Crippen LogP contribution >= 0.6 is 15.9 Å². The third kappa shape index (κ3) is 3.14. The number of nitrogens with zero attached hydrogens (tertiary/aromatic N) is 2. The highest BCUT2D eigenvalue weighted by molar-refractivity contribution is 9.10.